The second-order valence-corrected chi connectivity index (χ2v) is 7.97. The molecule has 2 aliphatic rings. The molecule has 2 fully saturated rings. The van der Waals surface area contributed by atoms with Gasteiger partial charge in [-0.25, -0.2) is 0 Å². The molecule has 3 rings (SSSR count). The van der Waals surface area contributed by atoms with Crippen LogP contribution in [0.4, 0.5) is 0 Å². The van der Waals surface area contributed by atoms with Gasteiger partial charge in [0.15, 0.2) is 0 Å². The van der Waals surface area contributed by atoms with E-state index in [1.54, 1.807) is 0 Å². The van der Waals surface area contributed by atoms with Crippen LogP contribution in [-0.2, 0) is 10.3 Å². The van der Waals surface area contributed by atoms with E-state index in [0.29, 0.717) is 30.5 Å². The molecule has 0 amide bonds. The lowest BCUT2D eigenvalue weighted by atomic mass is 9.75. The number of benzene rings is 1. The van der Waals surface area contributed by atoms with Crippen LogP contribution >= 0.6 is 0 Å². The Morgan fingerprint density at radius 3 is 2.63 bits per heavy atom. The number of hydrogen-bond donors (Lipinski definition) is 2. The first kappa shape index (κ1) is 20.3. The molecule has 3 nitrogen and oxygen atoms in total. The van der Waals surface area contributed by atoms with E-state index < -0.39 is 5.60 Å². The third-order valence-corrected chi connectivity index (χ3v) is 6.32. The minimum absolute atomic E-state index is 0.134. The molecule has 148 valence electrons. The third-order valence-electron chi connectivity index (χ3n) is 6.32. The number of unbranched alkanes of at least 4 members (excludes halogenated alkanes) is 2. The van der Waals surface area contributed by atoms with Crippen molar-refractivity contribution in [1.29, 1.82) is 0 Å². The van der Waals surface area contributed by atoms with Gasteiger partial charge in [0.05, 0.1) is 18.8 Å². The molecule has 2 saturated heterocycles. The highest BCUT2D eigenvalue weighted by atomic mass is 16.5. The molecular weight excluding hydrogens is 336 g/mol. The van der Waals surface area contributed by atoms with E-state index in [-0.39, 0.29) is 6.61 Å². The molecule has 0 spiro atoms. The fourth-order valence-electron chi connectivity index (χ4n) is 4.71. The van der Waals surface area contributed by atoms with Gasteiger partial charge in [-0.3, -0.25) is 0 Å². The minimum atomic E-state index is -0.900. The smallest absolute Gasteiger partial charge is 0.107 e. The summed E-state index contributed by atoms with van der Waals surface area (Å²) in [4.78, 5) is 0. The van der Waals surface area contributed by atoms with E-state index in [9.17, 15) is 5.11 Å². The molecule has 0 aliphatic carbocycles. The summed E-state index contributed by atoms with van der Waals surface area (Å²) in [6, 6.07) is 9.96. The van der Waals surface area contributed by atoms with Gasteiger partial charge in [0, 0.05) is 5.92 Å². The summed E-state index contributed by atoms with van der Waals surface area (Å²) >= 11 is 0. The predicted octanol–water partition coefficient (Wildman–Crippen LogP) is 4.74. The standard InChI is InChI=1S/C24H34O3/c1-2-24(26,19-11-7-6-8-12-19)17-16-21-20(22-14-15-23(21)27-22)13-9-4-3-5-10-18-25/h5-8,10-12,16-17,20-23,25-26H,2-4,9,13-15,18H2,1H3. The predicted molar refractivity (Wildman–Crippen MR) is 109 cm³/mol. The van der Waals surface area contributed by atoms with E-state index in [1.165, 1.54) is 19.3 Å². The van der Waals surface area contributed by atoms with Crippen molar-refractivity contribution in [1.82, 2.24) is 0 Å². The zero-order chi connectivity index (χ0) is 19.1. The number of hydrogen-bond acceptors (Lipinski definition) is 3. The highest BCUT2D eigenvalue weighted by Crippen LogP contribution is 2.46. The van der Waals surface area contributed by atoms with Crippen molar-refractivity contribution in [2.75, 3.05) is 6.61 Å². The number of aliphatic hydroxyl groups excluding tert-OH is 1. The lowest BCUT2D eigenvalue weighted by Crippen LogP contribution is -2.27. The molecule has 27 heavy (non-hydrogen) atoms. The molecule has 2 heterocycles. The lowest BCUT2D eigenvalue weighted by molar-refractivity contribution is 0.0824. The molecule has 0 saturated carbocycles. The van der Waals surface area contributed by atoms with Crippen molar-refractivity contribution in [3.63, 3.8) is 0 Å². The van der Waals surface area contributed by atoms with Gasteiger partial charge in [-0.15, -0.1) is 0 Å². The summed E-state index contributed by atoms with van der Waals surface area (Å²) in [7, 11) is 0. The van der Waals surface area contributed by atoms with E-state index in [2.05, 4.69) is 12.2 Å². The lowest BCUT2D eigenvalue weighted by Gasteiger charge is -2.28. The zero-order valence-electron chi connectivity index (χ0n) is 16.5. The Kier molecular flexibility index (Phi) is 7.28. The highest BCUT2D eigenvalue weighted by Gasteiger charge is 2.47. The second kappa shape index (κ2) is 9.68. The monoisotopic (exact) mass is 370 g/mol. The van der Waals surface area contributed by atoms with Crippen LogP contribution in [0.25, 0.3) is 0 Å². The Labute approximate surface area is 163 Å². The van der Waals surface area contributed by atoms with E-state index in [4.69, 9.17) is 9.84 Å². The molecule has 1 aromatic rings. The topological polar surface area (TPSA) is 49.7 Å². The maximum atomic E-state index is 11.1. The van der Waals surface area contributed by atoms with Gasteiger partial charge in [-0.1, -0.05) is 68.0 Å². The molecule has 5 atom stereocenters. The van der Waals surface area contributed by atoms with Gasteiger partial charge >= 0.3 is 0 Å². The maximum absolute atomic E-state index is 11.1. The van der Waals surface area contributed by atoms with Crippen LogP contribution in [0.1, 0.15) is 57.4 Å². The molecule has 1 aromatic carbocycles. The van der Waals surface area contributed by atoms with Crippen LogP contribution in [0, 0.1) is 11.8 Å². The fraction of sp³-hybridized carbons (Fsp3) is 0.583. The zero-order valence-corrected chi connectivity index (χ0v) is 16.5. The van der Waals surface area contributed by atoms with Crippen molar-refractivity contribution in [2.45, 2.75) is 69.7 Å². The molecule has 3 heteroatoms. The highest BCUT2D eigenvalue weighted by molar-refractivity contribution is 5.27. The van der Waals surface area contributed by atoms with Gasteiger partial charge in [-0.2, -0.15) is 0 Å². The number of ether oxygens (including phenoxy) is 1. The van der Waals surface area contributed by atoms with Gasteiger partial charge in [0.2, 0.25) is 0 Å². The SMILES string of the molecule is CCC(O)(C=CC1C2CCC(O2)C1CCCCC=CCO)c1ccccc1. The van der Waals surface area contributed by atoms with Crippen LogP contribution in [0.5, 0.6) is 0 Å². The van der Waals surface area contributed by atoms with Crippen LogP contribution in [0.3, 0.4) is 0 Å². The summed E-state index contributed by atoms with van der Waals surface area (Å²) < 4.78 is 6.22. The summed E-state index contributed by atoms with van der Waals surface area (Å²) in [5.41, 5.74) is 0.0583. The van der Waals surface area contributed by atoms with Crippen molar-refractivity contribution < 1.29 is 14.9 Å². The summed E-state index contributed by atoms with van der Waals surface area (Å²) in [5, 5.41) is 19.9. The number of rotatable bonds is 10. The van der Waals surface area contributed by atoms with E-state index in [1.807, 2.05) is 49.4 Å². The van der Waals surface area contributed by atoms with Crippen molar-refractivity contribution in [2.24, 2.45) is 11.8 Å². The second-order valence-electron chi connectivity index (χ2n) is 7.97. The normalized spacial score (nSPS) is 29.7. The maximum Gasteiger partial charge on any atom is 0.107 e. The summed E-state index contributed by atoms with van der Waals surface area (Å²) in [6.45, 7) is 2.17. The Morgan fingerprint density at radius 1 is 1.11 bits per heavy atom. The Morgan fingerprint density at radius 2 is 1.89 bits per heavy atom. The van der Waals surface area contributed by atoms with E-state index in [0.717, 1.165) is 24.8 Å². The van der Waals surface area contributed by atoms with Gasteiger partial charge in [0.25, 0.3) is 0 Å². The van der Waals surface area contributed by atoms with E-state index >= 15 is 0 Å². The van der Waals surface area contributed by atoms with Gasteiger partial charge in [0.1, 0.15) is 5.60 Å². The minimum Gasteiger partial charge on any atom is -0.392 e. The average Bonchev–Trinajstić information content (AvgIpc) is 3.31. The van der Waals surface area contributed by atoms with Crippen molar-refractivity contribution in [3.05, 3.63) is 60.2 Å². The fourth-order valence-corrected chi connectivity index (χ4v) is 4.71. The molecule has 5 unspecified atom stereocenters. The molecule has 0 aromatic heterocycles. The quantitative estimate of drug-likeness (QED) is 0.462. The molecule has 2 N–H and O–H groups in total. The summed E-state index contributed by atoms with van der Waals surface area (Å²) in [6.07, 6.45) is 16.4. The first-order valence-electron chi connectivity index (χ1n) is 10.6. The van der Waals surface area contributed by atoms with Crippen LogP contribution < -0.4 is 0 Å². The molecule has 2 aliphatic heterocycles. The number of fused-ring (bicyclic) bond motifs is 2. The summed E-state index contributed by atoms with van der Waals surface area (Å²) in [5.74, 6) is 0.984. The number of allylic oxidation sites excluding steroid dienone is 1. The van der Waals surface area contributed by atoms with Gasteiger partial charge in [-0.05, 0) is 50.0 Å². The first-order valence-corrected chi connectivity index (χ1v) is 10.6. The Hall–Kier alpha value is -1.42. The Bertz CT molecular complexity index is 624. The van der Waals surface area contributed by atoms with Crippen LogP contribution in [0.15, 0.2) is 54.6 Å². The van der Waals surface area contributed by atoms with Crippen molar-refractivity contribution in [3.8, 4) is 0 Å². The third kappa shape index (κ3) is 4.90. The molecule has 0 radical (unpaired) electrons. The van der Waals surface area contributed by atoms with Crippen molar-refractivity contribution >= 4 is 0 Å². The largest absolute Gasteiger partial charge is 0.392 e. The first-order chi connectivity index (χ1) is 13.2. The van der Waals surface area contributed by atoms with Crippen LogP contribution in [0.2, 0.25) is 0 Å². The average molecular weight is 371 g/mol. The Balaban J connectivity index is 1.63. The van der Waals surface area contributed by atoms with Gasteiger partial charge < -0.3 is 14.9 Å². The van der Waals surface area contributed by atoms with Crippen LogP contribution in [-0.4, -0.2) is 29.0 Å². The molecule has 2 bridgehead atoms. The molecular formula is C24H34O3. The number of aliphatic hydroxyl groups is 2.